The minimum Gasteiger partial charge on any atom is -0.414 e. The van der Waals surface area contributed by atoms with Crippen LogP contribution in [0.15, 0.2) is 30.3 Å². The van der Waals surface area contributed by atoms with Crippen LogP contribution in [0.5, 0.6) is 0 Å². The number of hydrogen-bond donors (Lipinski definition) is 0. The van der Waals surface area contributed by atoms with E-state index >= 15 is 0 Å². The van der Waals surface area contributed by atoms with Crippen LogP contribution in [0, 0.1) is 5.92 Å². The van der Waals surface area contributed by atoms with Crippen molar-refractivity contribution in [3.63, 3.8) is 0 Å². The van der Waals surface area contributed by atoms with Gasteiger partial charge in [-0.05, 0) is 48.4 Å². The van der Waals surface area contributed by atoms with Gasteiger partial charge < -0.3 is 4.43 Å². The molecule has 2 rings (SSSR count). The summed E-state index contributed by atoms with van der Waals surface area (Å²) in [5.74, 6) is 1.33. The van der Waals surface area contributed by atoms with E-state index < -0.39 is 8.32 Å². The van der Waals surface area contributed by atoms with Gasteiger partial charge >= 0.3 is 0 Å². The molecule has 1 aliphatic carbocycles. The maximum atomic E-state index is 6.83. The molecule has 0 amide bonds. The molecule has 1 unspecified atom stereocenters. The minimum atomic E-state index is -1.48. The van der Waals surface area contributed by atoms with E-state index in [0.29, 0.717) is 17.9 Å². The lowest BCUT2D eigenvalue weighted by atomic mass is 9.75. The van der Waals surface area contributed by atoms with Crippen molar-refractivity contribution in [3.8, 4) is 0 Å². The Morgan fingerprint density at radius 2 is 1.62 bits per heavy atom. The van der Waals surface area contributed by atoms with Gasteiger partial charge in [-0.3, -0.25) is 0 Å². The highest BCUT2D eigenvalue weighted by atomic mass is 28.4. The molecule has 21 heavy (non-hydrogen) atoms. The van der Waals surface area contributed by atoms with Crippen molar-refractivity contribution < 1.29 is 4.43 Å². The fourth-order valence-corrected chi connectivity index (χ4v) is 6.96. The third kappa shape index (κ3) is 3.78. The third-order valence-electron chi connectivity index (χ3n) is 5.79. The van der Waals surface area contributed by atoms with E-state index in [9.17, 15) is 0 Å². The molecule has 1 nitrogen and oxygen atoms in total. The Kier molecular flexibility index (Phi) is 6.06. The van der Waals surface area contributed by atoms with Gasteiger partial charge in [-0.15, -0.1) is 0 Å². The van der Waals surface area contributed by atoms with Gasteiger partial charge in [0, 0.05) is 6.10 Å². The summed E-state index contributed by atoms with van der Waals surface area (Å²) in [6.07, 6.45) is 4.38. The Bertz CT molecular complexity index is 405. The van der Waals surface area contributed by atoms with Crippen molar-refractivity contribution in [3.05, 3.63) is 35.9 Å². The highest BCUT2D eigenvalue weighted by Crippen LogP contribution is 2.41. The summed E-state index contributed by atoms with van der Waals surface area (Å²) in [7, 11) is -1.48. The largest absolute Gasteiger partial charge is 0.414 e. The summed E-state index contributed by atoms with van der Waals surface area (Å²) in [4.78, 5) is 0. The van der Waals surface area contributed by atoms with Crippen LogP contribution in [-0.2, 0) is 4.43 Å². The summed E-state index contributed by atoms with van der Waals surface area (Å²) in [5, 5.41) is 0. The zero-order valence-corrected chi connectivity index (χ0v) is 15.3. The molecule has 118 valence electrons. The molecule has 1 aromatic carbocycles. The van der Waals surface area contributed by atoms with Crippen LogP contribution in [0.25, 0.3) is 0 Å². The minimum absolute atomic E-state index is 0.482. The van der Waals surface area contributed by atoms with Gasteiger partial charge in [0.1, 0.15) is 0 Å². The number of benzene rings is 1. The first kappa shape index (κ1) is 16.8. The second-order valence-electron chi connectivity index (χ2n) is 6.71. The highest BCUT2D eigenvalue weighted by molar-refractivity contribution is 6.73. The molecule has 0 bridgehead atoms. The predicted molar refractivity (Wildman–Crippen MR) is 94.3 cm³/mol. The molecular weight excluding hydrogens is 272 g/mol. The Morgan fingerprint density at radius 3 is 2.19 bits per heavy atom. The van der Waals surface area contributed by atoms with Crippen LogP contribution in [0.1, 0.15) is 58.4 Å². The summed E-state index contributed by atoms with van der Waals surface area (Å²) < 4.78 is 6.83. The maximum Gasteiger partial charge on any atom is 0.192 e. The molecule has 3 atom stereocenters. The van der Waals surface area contributed by atoms with Crippen molar-refractivity contribution in [2.75, 3.05) is 0 Å². The van der Waals surface area contributed by atoms with E-state index in [1.165, 1.54) is 43.0 Å². The van der Waals surface area contributed by atoms with E-state index in [1.54, 1.807) is 0 Å². The standard InChI is InChI=1S/C19H32OSi/c1-5-21(6-2,7-3)20-19-15-11-14-18(16(19)4)17-12-9-8-10-13-17/h8-10,12-13,16,18-19H,5-7,11,14-15H2,1-4H3/t16?,18-,19+/m0/s1. The van der Waals surface area contributed by atoms with E-state index in [2.05, 4.69) is 58.0 Å². The van der Waals surface area contributed by atoms with Crippen molar-refractivity contribution in [2.24, 2.45) is 5.92 Å². The maximum absolute atomic E-state index is 6.83. The molecule has 1 fully saturated rings. The first-order valence-electron chi connectivity index (χ1n) is 8.88. The smallest absolute Gasteiger partial charge is 0.192 e. The van der Waals surface area contributed by atoms with E-state index in [4.69, 9.17) is 4.43 Å². The van der Waals surface area contributed by atoms with E-state index in [0.717, 1.165) is 0 Å². The molecule has 0 spiro atoms. The van der Waals surface area contributed by atoms with Gasteiger partial charge in [0.15, 0.2) is 8.32 Å². The molecule has 1 saturated carbocycles. The SMILES string of the molecule is CC[Si](CC)(CC)O[C@@H]1CCC[C@H](c2ccccc2)C1C. The molecule has 0 aromatic heterocycles. The number of rotatable bonds is 6. The van der Waals surface area contributed by atoms with Crippen molar-refractivity contribution in [1.82, 2.24) is 0 Å². The molecular formula is C19H32OSi. The molecule has 0 aliphatic heterocycles. The molecule has 0 heterocycles. The molecule has 2 heteroatoms. The summed E-state index contributed by atoms with van der Waals surface area (Å²) in [5.41, 5.74) is 1.51. The fourth-order valence-electron chi connectivity index (χ4n) is 3.98. The zero-order chi connectivity index (χ0) is 15.3. The quantitative estimate of drug-likeness (QED) is 0.587. The molecule has 0 saturated heterocycles. The van der Waals surface area contributed by atoms with Crippen LogP contribution in [0.2, 0.25) is 18.1 Å². The van der Waals surface area contributed by atoms with Gasteiger partial charge in [0.25, 0.3) is 0 Å². The van der Waals surface area contributed by atoms with Crippen LogP contribution in [-0.4, -0.2) is 14.4 Å². The topological polar surface area (TPSA) is 9.23 Å². The fraction of sp³-hybridized carbons (Fsp3) is 0.684. The summed E-state index contributed by atoms with van der Waals surface area (Å²) in [6, 6.07) is 14.9. The second-order valence-corrected chi connectivity index (χ2v) is 11.4. The van der Waals surface area contributed by atoms with Crippen LogP contribution in [0.4, 0.5) is 0 Å². The summed E-state index contributed by atoms with van der Waals surface area (Å²) >= 11 is 0. The number of hydrogen-bond acceptors (Lipinski definition) is 1. The lowest BCUT2D eigenvalue weighted by Crippen LogP contribution is -2.44. The Hall–Kier alpha value is -0.603. The lowest BCUT2D eigenvalue weighted by molar-refractivity contribution is 0.0770. The summed E-state index contributed by atoms with van der Waals surface area (Å²) in [6.45, 7) is 9.42. The van der Waals surface area contributed by atoms with Gasteiger partial charge in [-0.25, -0.2) is 0 Å². The van der Waals surface area contributed by atoms with Crippen molar-refractivity contribution >= 4 is 8.32 Å². The molecule has 1 aromatic rings. The monoisotopic (exact) mass is 304 g/mol. The highest BCUT2D eigenvalue weighted by Gasteiger charge is 2.38. The molecule has 1 aliphatic rings. The van der Waals surface area contributed by atoms with Crippen molar-refractivity contribution in [2.45, 2.75) is 77.1 Å². The van der Waals surface area contributed by atoms with Crippen LogP contribution in [0.3, 0.4) is 0 Å². The predicted octanol–water partition coefficient (Wildman–Crippen LogP) is 5.98. The average molecular weight is 305 g/mol. The Balaban J connectivity index is 2.11. The van der Waals surface area contributed by atoms with Crippen LogP contribution >= 0.6 is 0 Å². The Labute approximate surface area is 132 Å². The third-order valence-corrected chi connectivity index (χ3v) is 10.5. The van der Waals surface area contributed by atoms with Crippen molar-refractivity contribution in [1.29, 1.82) is 0 Å². The molecule has 0 radical (unpaired) electrons. The first-order chi connectivity index (χ1) is 10.2. The second kappa shape index (κ2) is 7.60. The van der Waals surface area contributed by atoms with Gasteiger partial charge in [0.2, 0.25) is 0 Å². The van der Waals surface area contributed by atoms with Gasteiger partial charge in [-0.2, -0.15) is 0 Å². The lowest BCUT2D eigenvalue weighted by Gasteiger charge is -2.42. The van der Waals surface area contributed by atoms with Gasteiger partial charge in [0.05, 0.1) is 0 Å². The van der Waals surface area contributed by atoms with E-state index in [-0.39, 0.29) is 0 Å². The van der Waals surface area contributed by atoms with Crippen LogP contribution < -0.4 is 0 Å². The van der Waals surface area contributed by atoms with E-state index in [1.807, 2.05) is 0 Å². The normalized spacial score (nSPS) is 26.8. The molecule has 0 N–H and O–H groups in total. The van der Waals surface area contributed by atoms with Gasteiger partial charge in [-0.1, -0.05) is 64.4 Å². The average Bonchev–Trinajstić information content (AvgIpc) is 2.55. The Morgan fingerprint density at radius 1 is 1.00 bits per heavy atom. The first-order valence-corrected chi connectivity index (χ1v) is 11.4. The zero-order valence-electron chi connectivity index (χ0n) is 14.3.